The topological polar surface area (TPSA) is 20.2 Å². The van der Waals surface area contributed by atoms with Crippen LogP contribution in [0.15, 0.2) is 41.7 Å². The van der Waals surface area contributed by atoms with Crippen LogP contribution in [-0.2, 0) is 0 Å². The highest BCUT2D eigenvalue weighted by molar-refractivity contribution is 5.70. The van der Waals surface area contributed by atoms with Gasteiger partial charge in [0, 0.05) is 5.92 Å². The maximum absolute atomic E-state index is 13.4. The first-order chi connectivity index (χ1) is 9.40. The number of benzene rings is 1. The first-order valence-corrected chi connectivity index (χ1v) is 7.29. The van der Waals surface area contributed by atoms with Crippen LogP contribution in [0.1, 0.15) is 39.7 Å². The van der Waals surface area contributed by atoms with E-state index in [4.69, 9.17) is 0 Å². The van der Waals surface area contributed by atoms with E-state index in [9.17, 15) is 9.50 Å². The SMILES string of the molecule is CC(C)C1=C(O)C(C(C)C)CC(c2cccc(F)c2)=C1. The molecule has 0 fully saturated rings. The summed E-state index contributed by atoms with van der Waals surface area (Å²) >= 11 is 0. The lowest BCUT2D eigenvalue weighted by Crippen LogP contribution is -2.19. The number of rotatable bonds is 3. The maximum atomic E-state index is 13.4. The summed E-state index contributed by atoms with van der Waals surface area (Å²) in [5.41, 5.74) is 3.01. The third-order valence-electron chi connectivity index (χ3n) is 4.04. The van der Waals surface area contributed by atoms with E-state index < -0.39 is 0 Å². The van der Waals surface area contributed by atoms with E-state index in [0.717, 1.165) is 23.1 Å². The van der Waals surface area contributed by atoms with E-state index in [0.29, 0.717) is 11.7 Å². The van der Waals surface area contributed by atoms with Crippen LogP contribution in [0.2, 0.25) is 0 Å². The Hall–Kier alpha value is -1.57. The second-order valence-electron chi connectivity index (χ2n) is 6.23. The quantitative estimate of drug-likeness (QED) is 0.787. The van der Waals surface area contributed by atoms with Crippen LogP contribution in [0.25, 0.3) is 5.57 Å². The Balaban J connectivity index is 2.47. The fraction of sp³-hybridized carbons (Fsp3) is 0.444. The van der Waals surface area contributed by atoms with Crippen molar-refractivity contribution in [2.45, 2.75) is 34.1 Å². The van der Waals surface area contributed by atoms with Gasteiger partial charge in [0.1, 0.15) is 5.82 Å². The average molecular weight is 274 g/mol. The molecule has 108 valence electrons. The van der Waals surface area contributed by atoms with Crippen LogP contribution in [0.3, 0.4) is 0 Å². The van der Waals surface area contributed by atoms with Crippen LogP contribution in [0.5, 0.6) is 0 Å². The van der Waals surface area contributed by atoms with Crippen molar-refractivity contribution in [2.24, 2.45) is 17.8 Å². The molecular weight excluding hydrogens is 251 g/mol. The second kappa shape index (κ2) is 5.82. The Morgan fingerprint density at radius 2 is 1.90 bits per heavy atom. The summed E-state index contributed by atoms with van der Waals surface area (Å²) in [6.07, 6.45) is 2.80. The summed E-state index contributed by atoms with van der Waals surface area (Å²) in [7, 11) is 0. The van der Waals surface area contributed by atoms with E-state index in [-0.39, 0.29) is 17.7 Å². The minimum absolute atomic E-state index is 0.121. The molecule has 0 aliphatic heterocycles. The van der Waals surface area contributed by atoms with Crippen molar-refractivity contribution >= 4 is 5.57 Å². The molecule has 0 amide bonds. The zero-order valence-electron chi connectivity index (χ0n) is 12.7. The molecule has 0 aromatic heterocycles. The number of hydrogen-bond donors (Lipinski definition) is 1. The lowest BCUT2D eigenvalue weighted by molar-refractivity contribution is 0.273. The van der Waals surface area contributed by atoms with E-state index in [1.807, 2.05) is 12.1 Å². The van der Waals surface area contributed by atoms with Crippen LogP contribution < -0.4 is 0 Å². The molecule has 0 radical (unpaired) electrons. The fourth-order valence-corrected chi connectivity index (χ4v) is 2.77. The summed E-state index contributed by atoms with van der Waals surface area (Å²) in [6, 6.07) is 6.71. The van der Waals surface area contributed by atoms with Crippen molar-refractivity contribution < 1.29 is 9.50 Å². The van der Waals surface area contributed by atoms with Gasteiger partial charge in [0.05, 0.1) is 5.76 Å². The van der Waals surface area contributed by atoms with Crippen molar-refractivity contribution in [2.75, 3.05) is 0 Å². The predicted octanol–water partition coefficient (Wildman–Crippen LogP) is 5.35. The number of hydrogen-bond acceptors (Lipinski definition) is 1. The van der Waals surface area contributed by atoms with E-state index >= 15 is 0 Å². The minimum atomic E-state index is -0.214. The normalized spacial score (nSPS) is 19.8. The van der Waals surface area contributed by atoms with Gasteiger partial charge in [0.15, 0.2) is 0 Å². The number of halogens is 1. The summed E-state index contributed by atoms with van der Waals surface area (Å²) in [5, 5.41) is 10.4. The third kappa shape index (κ3) is 2.95. The maximum Gasteiger partial charge on any atom is 0.123 e. The highest BCUT2D eigenvalue weighted by Gasteiger charge is 2.27. The lowest BCUT2D eigenvalue weighted by atomic mass is 9.77. The Labute approximate surface area is 120 Å². The lowest BCUT2D eigenvalue weighted by Gasteiger charge is -2.29. The molecule has 1 aliphatic carbocycles. The Morgan fingerprint density at radius 3 is 2.45 bits per heavy atom. The van der Waals surface area contributed by atoms with Gasteiger partial charge >= 0.3 is 0 Å². The largest absolute Gasteiger partial charge is 0.512 e. The van der Waals surface area contributed by atoms with Gasteiger partial charge < -0.3 is 5.11 Å². The molecule has 0 spiro atoms. The molecule has 2 rings (SSSR count). The first kappa shape index (κ1) is 14.8. The Bertz CT molecular complexity index is 552. The van der Waals surface area contributed by atoms with Crippen molar-refractivity contribution in [3.8, 4) is 0 Å². The predicted molar refractivity (Wildman–Crippen MR) is 81.8 cm³/mol. The van der Waals surface area contributed by atoms with Crippen LogP contribution in [0, 0.1) is 23.6 Å². The average Bonchev–Trinajstić information content (AvgIpc) is 2.38. The number of allylic oxidation sites excluding steroid dienone is 4. The van der Waals surface area contributed by atoms with Crippen LogP contribution >= 0.6 is 0 Å². The summed E-state index contributed by atoms with van der Waals surface area (Å²) in [6.45, 7) is 8.39. The van der Waals surface area contributed by atoms with Crippen LogP contribution in [-0.4, -0.2) is 5.11 Å². The standard InChI is InChI=1S/C18H23FO/c1-11(2)16-9-14(10-17(12(3)4)18(16)20)13-6-5-7-15(19)8-13/h5-9,11-12,17,20H,10H2,1-4H3. The van der Waals surface area contributed by atoms with Gasteiger partial charge in [-0.25, -0.2) is 4.39 Å². The second-order valence-corrected chi connectivity index (χ2v) is 6.23. The van der Waals surface area contributed by atoms with E-state index in [2.05, 4.69) is 27.7 Å². The molecule has 1 nitrogen and oxygen atoms in total. The molecular formula is C18H23FO. The molecule has 20 heavy (non-hydrogen) atoms. The first-order valence-electron chi connectivity index (χ1n) is 7.29. The fourth-order valence-electron chi connectivity index (χ4n) is 2.77. The van der Waals surface area contributed by atoms with Gasteiger partial charge in [-0.2, -0.15) is 0 Å². The van der Waals surface area contributed by atoms with Gasteiger partial charge in [-0.1, -0.05) is 45.9 Å². The van der Waals surface area contributed by atoms with Gasteiger partial charge in [0.25, 0.3) is 0 Å². The van der Waals surface area contributed by atoms with Crippen molar-refractivity contribution in [1.82, 2.24) is 0 Å². The van der Waals surface area contributed by atoms with Crippen LogP contribution in [0.4, 0.5) is 4.39 Å². The number of aliphatic hydroxyl groups excluding tert-OH is 1. The highest BCUT2D eigenvalue weighted by atomic mass is 19.1. The molecule has 1 N–H and O–H groups in total. The molecule has 0 saturated carbocycles. The molecule has 0 heterocycles. The van der Waals surface area contributed by atoms with Crippen molar-refractivity contribution in [3.63, 3.8) is 0 Å². The molecule has 1 atom stereocenters. The summed E-state index contributed by atoms with van der Waals surface area (Å²) in [5.74, 6) is 1.04. The van der Waals surface area contributed by atoms with Gasteiger partial charge in [-0.3, -0.25) is 0 Å². The minimum Gasteiger partial charge on any atom is -0.512 e. The van der Waals surface area contributed by atoms with E-state index in [1.165, 1.54) is 6.07 Å². The zero-order chi connectivity index (χ0) is 14.9. The smallest absolute Gasteiger partial charge is 0.123 e. The van der Waals surface area contributed by atoms with Gasteiger partial charge in [-0.15, -0.1) is 0 Å². The van der Waals surface area contributed by atoms with Gasteiger partial charge in [-0.05, 0) is 47.1 Å². The monoisotopic (exact) mass is 274 g/mol. The molecule has 1 aliphatic rings. The number of aliphatic hydroxyl groups is 1. The third-order valence-corrected chi connectivity index (χ3v) is 4.04. The zero-order valence-corrected chi connectivity index (χ0v) is 12.7. The van der Waals surface area contributed by atoms with Crippen molar-refractivity contribution in [1.29, 1.82) is 0 Å². The molecule has 0 bridgehead atoms. The summed E-state index contributed by atoms with van der Waals surface area (Å²) < 4.78 is 13.4. The van der Waals surface area contributed by atoms with Gasteiger partial charge in [0.2, 0.25) is 0 Å². The Kier molecular flexibility index (Phi) is 4.32. The highest BCUT2D eigenvalue weighted by Crippen LogP contribution is 2.39. The van der Waals surface area contributed by atoms with E-state index in [1.54, 1.807) is 12.1 Å². The molecule has 1 unspecified atom stereocenters. The summed E-state index contributed by atoms with van der Waals surface area (Å²) in [4.78, 5) is 0. The Morgan fingerprint density at radius 1 is 1.20 bits per heavy atom. The molecule has 1 aromatic carbocycles. The molecule has 1 aromatic rings. The molecule has 0 saturated heterocycles. The van der Waals surface area contributed by atoms with Crippen molar-refractivity contribution in [3.05, 3.63) is 53.1 Å². The molecule has 2 heteroatoms.